The van der Waals surface area contributed by atoms with Gasteiger partial charge < -0.3 is 10.6 Å². The lowest BCUT2D eigenvalue weighted by molar-refractivity contribution is 0.593. The van der Waals surface area contributed by atoms with E-state index in [2.05, 4.69) is 64.9 Å². The minimum absolute atomic E-state index is 0. The SMILES string of the molecule is CN=C(NCc1c(C)nn(C)c1C)NC(C)CCc1ccccc1.I. The van der Waals surface area contributed by atoms with Gasteiger partial charge in [-0.05, 0) is 39.2 Å². The van der Waals surface area contributed by atoms with Crippen molar-refractivity contribution < 1.29 is 0 Å². The van der Waals surface area contributed by atoms with Crippen LogP contribution >= 0.6 is 24.0 Å². The summed E-state index contributed by atoms with van der Waals surface area (Å²) in [5, 5.41) is 11.3. The second-order valence-electron chi connectivity index (χ2n) is 6.27. The third-order valence-electron chi connectivity index (χ3n) is 4.41. The van der Waals surface area contributed by atoms with E-state index in [0.717, 1.165) is 31.0 Å². The Morgan fingerprint density at radius 1 is 1.24 bits per heavy atom. The molecule has 0 bridgehead atoms. The summed E-state index contributed by atoms with van der Waals surface area (Å²) in [6.07, 6.45) is 2.13. The Balaban J connectivity index is 0.00000312. The van der Waals surface area contributed by atoms with Gasteiger partial charge in [0.05, 0.1) is 5.69 Å². The van der Waals surface area contributed by atoms with Crippen molar-refractivity contribution >= 4 is 29.9 Å². The van der Waals surface area contributed by atoms with Crippen molar-refractivity contribution in [3.05, 3.63) is 52.8 Å². The largest absolute Gasteiger partial charge is 0.354 e. The number of aromatic nitrogens is 2. The number of nitrogens with one attached hydrogen (secondary N) is 2. The van der Waals surface area contributed by atoms with Crippen LogP contribution in [0.3, 0.4) is 0 Å². The summed E-state index contributed by atoms with van der Waals surface area (Å²) in [6, 6.07) is 10.9. The topological polar surface area (TPSA) is 54.2 Å². The molecule has 0 aliphatic heterocycles. The summed E-state index contributed by atoms with van der Waals surface area (Å²) in [5.74, 6) is 0.832. The van der Waals surface area contributed by atoms with Gasteiger partial charge in [0.25, 0.3) is 0 Å². The molecule has 0 saturated carbocycles. The first kappa shape index (κ1) is 21.5. The zero-order valence-corrected chi connectivity index (χ0v) is 18.2. The molecule has 0 spiro atoms. The molecule has 0 aliphatic carbocycles. The van der Waals surface area contributed by atoms with Gasteiger partial charge in [-0.2, -0.15) is 5.10 Å². The van der Waals surface area contributed by atoms with Crippen molar-refractivity contribution in [3.8, 4) is 0 Å². The van der Waals surface area contributed by atoms with Gasteiger partial charge in [-0.15, -0.1) is 24.0 Å². The van der Waals surface area contributed by atoms with Crippen molar-refractivity contribution in [2.24, 2.45) is 12.0 Å². The van der Waals surface area contributed by atoms with Gasteiger partial charge in [-0.3, -0.25) is 9.67 Å². The van der Waals surface area contributed by atoms with Gasteiger partial charge in [0.2, 0.25) is 0 Å². The molecule has 0 amide bonds. The number of rotatable bonds is 6. The Bertz CT molecular complexity index is 679. The number of hydrogen-bond donors (Lipinski definition) is 2. The quantitative estimate of drug-likeness (QED) is 0.399. The molecule has 0 aliphatic rings. The van der Waals surface area contributed by atoms with Crippen LogP contribution in [0.1, 0.15) is 35.9 Å². The summed E-state index contributed by atoms with van der Waals surface area (Å²) in [4.78, 5) is 4.33. The molecule has 2 aromatic rings. The molecular formula is C19H30IN5. The maximum atomic E-state index is 4.45. The normalized spacial score (nSPS) is 12.4. The molecule has 2 N–H and O–H groups in total. The minimum atomic E-state index is 0. The van der Waals surface area contributed by atoms with Crippen LogP contribution in [0.15, 0.2) is 35.3 Å². The number of guanidine groups is 1. The van der Waals surface area contributed by atoms with Crippen molar-refractivity contribution in [2.45, 2.75) is 46.2 Å². The van der Waals surface area contributed by atoms with Crippen LogP contribution in [0.2, 0.25) is 0 Å². The first-order valence-electron chi connectivity index (χ1n) is 8.51. The average Bonchev–Trinajstić information content (AvgIpc) is 2.83. The van der Waals surface area contributed by atoms with E-state index in [4.69, 9.17) is 0 Å². The monoisotopic (exact) mass is 455 g/mol. The van der Waals surface area contributed by atoms with Crippen LogP contribution in [0.4, 0.5) is 0 Å². The van der Waals surface area contributed by atoms with Gasteiger partial charge in [0, 0.05) is 37.9 Å². The molecule has 0 radical (unpaired) electrons. The number of halogens is 1. The second-order valence-corrected chi connectivity index (χ2v) is 6.27. The number of nitrogens with zero attached hydrogens (tertiary/aromatic N) is 3. The zero-order chi connectivity index (χ0) is 17.5. The summed E-state index contributed by atoms with van der Waals surface area (Å²) in [6.45, 7) is 7.06. The van der Waals surface area contributed by atoms with Crippen LogP contribution in [-0.4, -0.2) is 28.8 Å². The average molecular weight is 455 g/mol. The van der Waals surface area contributed by atoms with Gasteiger partial charge in [-0.25, -0.2) is 0 Å². The Labute approximate surface area is 168 Å². The maximum Gasteiger partial charge on any atom is 0.191 e. The fourth-order valence-electron chi connectivity index (χ4n) is 2.77. The molecule has 5 nitrogen and oxygen atoms in total. The lowest BCUT2D eigenvalue weighted by Gasteiger charge is -2.18. The van der Waals surface area contributed by atoms with Gasteiger partial charge in [-0.1, -0.05) is 30.3 Å². The third kappa shape index (κ3) is 6.34. The molecule has 1 atom stereocenters. The summed E-state index contributed by atoms with van der Waals surface area (Å²) in [7, 11) is 3.78. The molecule has 1 heterocycles. The molecule has 1 aromatic carbocycles. The fourth-order valence-corrected chi connectivity index (χ4v) is 2.77. The summed E-state index contributed by atoms with van der Waals surface area (Å²) >= 11 is 0. The number of aryl methyl sites for hydroxylation is 3. The second kappa shape index (κ2) is 10.4. The number of aliphatic imine (C=N–C) groups is 1. The van der Waals surface area contributed by atoms with E-state index in [1.807, 2.05) is 25.7 Å². The molecule has 138 valence electrons. The van der Waals surface area contributed by atoms with Crippen molar-refractivity contribution in [3.63, 3.8) is 0 Å². The highest BCUT2D eigenvalue weighted by Crippen LogP contribution is 2.11. The van der Waals surface area contributed by atoms with Gasteiger partial charge in [0.1, 0.15) is 0 Å². The highest BCUT2D eigenvalue weighted by Gasteiger charge is 2.11. The number of benzene rings is 1. The minimum Gasteiger partial charge on any atom is -0.354 e. The Morgan fingerprint density at radius 2 is 1.92 bits per heavy atom. The van der Waals surface area contributed by atoms with Crippen molar-refractivity contribution in [1.82, 2.24) is 20.4 Å². The van der Waals surface area contributed by atoms with Gasteiger partial charge >= 0.3 is 0 Å². The van der Waals surface area contributed by atoms with E-state index in [1.165, 1.54) is 16.8 Å². The molecular weight excluding hydrogens is 425 g/mol. The predicted molar refractivity (Wildman–Crippen MR) is 116 cm³/mol. The zero-order valence-electron chi connectivity index (χ0n) is 15.8. The van der Waals surface area contributed by atoms with Crippen molar-refractivity contribution in [1.29, 1.82) is 0 Å². The van der Waals surface area contributed by atoms with Crippen LogP contribution in [0, 0.1) is 13.8 Å². The highest BCUT2D eigenvalue weighted by molar-refractivity contribution is 14.0. The standard InChI is InChI=1S/C19H29N5.HI/c1-14(11-12-17-9-7-6-8-10-17)22-19(20-4)21-13-18-15(2)23-24(5)16(18)3;/h6-10,14H,11-13H2,1-5H3,(H2,20,21,22);1H. The Morgan fingerprint density at radius 3 is 2.48 bits per heavy atom. The molecule has 2 rings (SSSR count). The predicted octanol–water partition coefficient (Wildman–Crippen LogP) is 3.34. The smallest absolute Gasteiger partial charge is 0.191 e. The first-order valence-corrected chi connectivity index (χ1v) is 8.51. The lowest BCUT2D eigenvalue weighted by Crippen LogP contribution is -2.42. The summed E-state index contributed by atoms with van der Waals surface area (Å²) in [5.41, 5.74) is 4.86. The van der Waals surface area contributed by atoms with Gasteiger partial charge in [0.15, 0.2) is 5.96 Å². The lowest BCUT2D eigenvalue weighted by atomic mass is 10.1. The van der Waals surface area contributed by atoms with Crippen LogP contribution in [0.5, 0.6) is 0 Å². The molecule has 0 fully saturated rings. The van der Waals surface area contributed by atoms with E-state index in [-0.39, 0.29) is 24.0 Å². The molecule has 0 saturated heterocycles. The maximum absolute atomic E-state index is 4.45. The van der Waals surface area contributed by atoms with Crippen LogP contribution in [0.25, 0.3) is 0 Å². The van der Waals surface area contributed by atoms with Crippen LogP contribution < -0.4 is 10.6 Å². The molecule has 6 heteroatoms. The highest BCUT2D eigenvalue weighted by atomic mass is 127. The van der Waals surface area contributed by atoms with E-state index >= 15 is 0 Å². The molecule has 25 heavy (non-hydrogen) atoms. The summed E-state index contributed by atoms with van der Waals surface area (Å²) < 4.78 is 1.92. The van der Waals surface area contributed by atoms with Crippen LogP contribution in [-0.2, 0) is 20.0 Å². The van der Waals surface area contributed by atoms with E-state index in [9.17, 15) is 0 Å². The molecule has 1 aromatic heterocycles. The van der Waals surface area contributed by atoms with E-state index < -0.39 is 0 Å². The van der Waals surface area contributed by atoms with E-state index in [0.29, 0.717) is 6.04 Å². The van der Waals surface area contributed by atoms with E-state index in [1.54, 1.807) is 0 Å². The Hall–Kier alpha value is -1.57. The first-order chi connectivity index (χ1) is 11.5. The van der Waals surface area contributed by atoms with Crippen molar-refractivity contribution in [2.75, 3.05) is 7.05 Å². The third-order valence-corrected chi connectivity index (χ3v) is 4.41. The Kier molecular flexibility index (Phi) is 8.96. The molecule has 1 unspecified atom stereocenters. The number of hydrogen-bond acceptors (Lipinski definition) is 2. The fraction of sp³-hybridized carbons (Fsp3) is 0.474.